The molecule has 0 fully saturated rings. The first kappa shape index (κ1) is 8.63. The van der Waals surface area contributed by atoms with E-state index in [-0.39, 0.29) is 6.29 Å². The molecule has 0 amide bonds. The van der Waals surface area contributed by atoms with Gasteiger partial charge in [0.1, 0.15) is 12.5 Å². The highest BCUT2D eigenvalue weighted by molar-refractivity contribution is 9.10. The summed E-state index contributed by atoms with van der Waals surface area (Å²) in [7, 11) is 0. The van der Waals surface area contributed by atoms with Gasteiger partial charge in [0.25, 0.3) is 6.29 Å². The third kappa shape index (κ3) is 1.70. The molecule has 0 aromatic heterocycles. The minimum atomic E-state index is -0.281. The monoisotopic (exact) mass is 240 g/mol. The Balaban J connectivity index is 2.26. The maximum atomic E-state index is 5.21. The van der Waals surface area contributed by atoms with Gasteiger partial charge in [-0.05, 0) is 18.6 Å². The quantitative estimate of drug-likeness (QED) is 0.751. The van der Waals surface area contributed by atoms with Crippen molar-refractivity contribution in [2.45, 2.75) is 13.2 Å². The molecule has 68 valence electrons. The van der Waals surface area contributed by atoms with Crippen molar-refractivity contribution >= 4 is 15.9 Å². The minimum absolute atomic E-state index is 0.281. The fourth-order valence-electron chi connectivity index (χ4n) is 1.15. The van der Waals surface area contributed by atoms with Crippen molar-refractivity contribution in [2.24, 2.45) is 0 Å². The Bertz CT molecular complexity index is 339. The van der Waals surface area contributed by atoms with E-state index >= 15 is 0 Å². The first-order chi connectivity index (χ1) is 6.27. The van der Waals surface area contributed by atoms with E-state index in [1.807, 2.05) is 25.1 Å². The standard InChI is InChI=1S/C10H9BrO2/c1-7-2-3-8(6-9(7)11)10-12-4-5-13-10/h2-6,10H,1H3. The second-order valence-corrected chi connectivity index (χ2v) is 3.74. The molecule has 0 spiro atoms. The number of ether oxygens (including phenoxy) is 2. The van der Waals surface area contributed by atoms with Gasteiger partial charge in [0, 0.05) is 10.0 Å². The van der Waals surface area contributed by atoms with Crippen molar-refractivity contribution < 1.29 is 9.47 Å². The van der Waals surface area contributed by atoms with Crippen molar-refractivity contribution in [3.05, 3.63) is 46.3 Å². The first-order valence-corrected chi connectivity index (χ1v) is 4.78. The maximum absolute atomic E-state index is 5.21. The van der Waals surface area contributed by atoms with Crippen molar-refractivity contribution in [3.8, 4) is 0 Å². The smallest absolute Gasteiger partial charge is 0.266 e. The summed E-state index contributed by atoms with van der Waals surface area (Å²) < 4.78 is 11.5. The van der Waals surface area contributed by atoms with Gasteiger partial charge in [0.05, 0.1) is 0 Å². The first-order valence-electron chi connectivity index (χ1n) is 3.99. The summed E-state index contributed by atoms with van der Waals surface area (Å²) in [4.78, 5) is 0. The van der Waals surface area contributed by atoms with Crippen LogP contribution in [-0.4, -0.2) is 0 Å². The molecule has 2 rings (SSSR count). The zero-order valence-corrected chi connectivity index (χ0v) is 8.74. The summed E-state index contributed by atoms with van der Waals surface area (Å²) in [6, 6.07) is 6.04. The molecule has 1 aliphatic rings. The predicted octanol–water partition coefficient (Wildman–Crippen LogP) is 3.27. The van der Waals surface area contributed by atoms with Crippen molar-refractivity contribution in [3.63, 3.8) is 0 Å². The normalized spacial score (nSPS) is 15.5. The van der Waals surface area contributed by atoms with E-state index in [1.165, 1.54) is 5.56 Å². The SMILES string of the molecule is Cc1ccc(C2OC=CO2)cc1Br. The van der Waals surface area contributed by atoms with Crippen LogP contribution in [0.3, 0.4) is 0 Å². The van der Waals surface area contributed by atoms with Gasteiger partial charge in [-0.2, -0.15) is 0 Å². The minimum Gasteiger partial charge on any atom is -0.455 e. The van der Waals surface area contributed by atoms with Crippen LogP contribution in [-0.2, 0) is 9.47 Å². The number of hydrogen-bond acceptors (Lipinski definition) is 2. The molecule has 1 aromatic carbocycles. The van der Waals surface area contributed by atoms with Crippen LogP contribution in [0.4, 0.5) is 0 Å². The molecular formula is C10H9BrO2. The van der Waals surface area contributed by atoms with Gasteiger partial charge in [-0.3, -0.25) is 0 Å². The molecule has 0 N–H and O–H groups in total. The van der Waals surface area contributed by atoms with Crippen LogP contribution in [0.15, 0.2) is 35.2 Å². The molecule has 0 bridgehead atoms. The number of rotatable bonds is 1. The summed E-state index contributed by atoms with van der Waals surface area (Å²) in [6.45, 7) is 2.04. The molecule has 1 aliphatic heterocycles. The summed E-state index contributed by atoms with van der Waals surface area (Å²) in [5.74, 6) is 0. The van der Waals surface area contributed by atoms with E-state index in [4.69, 9.17) is 9.47 Å². The van der Waals surface area contributed by atoms with Gasteiger partial charge in [0.15, 0.2) is 0 Å². The summed E-state index contributed by atoms with van der Waals surface area (Å²) in [5.41, 5.74) is 2.22. The second kappa shape index (κ2) is 3.42. The highest BCUT2D eigenvalue weighted by atomic mass is 79.9. The third-order valence-electron chi connectivity index (χ3n) is 1.93. The van der Waals surface area contributed by atoms with E-state index < -0.39 is 0 Å². The lowest BCUT2D eigenvalue weighted by molar-refractivity contribution is -0.0246. The lowest BCUT2D eigenvalue weighted by Gasteiger charge is -2.11. The van der Waals surface area contributed by atoms with Crippen LogP contribution in [0.5, 0.6) is 0 Å². The summed E-state index contributed by atoms with van der Waals surface area (Å²) in [5, 5.41) is 0. The number of halogens is 1. The highest BCUT2D eigenvalue weighted by Crippen LogP contribution is 2.27. The van der Waals surface area contributed by atoms with Crippen LogP contribution in [0, 0.1) is 6.92 Å². The lowest BCUT2D eigenvalue weighted by atomic mass is 10.1. The Morgan fingerprint density at radius 1 is 1.23 bits per heavy atom. The molecule has 0 saturated heterocycles. The molecule has 0 atom stereocenters. The molecule has 13 heavy (non-hydrogen) atoms. The van der Waals surface area contributed by atoms with Crippen LogP contribution in [0.1, 0.15) is 17.4 Å². The molecule has 0 unspecified atom stereocenters. The van der Waals surface area contributed by atoms with Gasteiger partial charge in [-0.1, -0.05) is 28.1 Å². The zero-order chi connectivity index (χ0) is 9.26. The average molecular weight is 241 g/mol. The Morgan fingerprint density at radius 3 is 2.54 bits per heavy atom. The Labute approximate surface area is 85.3 Å². The van der Waals surface area contributed by atoms with E-state index in [2.05, 4.69) is 15.9 Å². The summed E-state index contributed by atoms with van der Waals surface area (Å²) >= 11 is 3.46. The fourth-order valence-corrected chi connectivity index (χ4v) is 1.55. The molecular weight excluding hydrogens is 232 g/mol. The number of hydrogen-bond donors (Lipinski definition) is 0. The van der Waals surface area contributed by atoms with Crippen LogP contribution < -0.4 is 0 Å². The maximum Gasteiger partial charge on any atom is 0.266 e. The molecule has 0 aliphatic carbocycles. The Kier molecular flexibility index (Phi) is 2.27. The lowest BCUT2D eigenvalue weighted by Crippen LogP contribution is -1.97. The van der Waals surface area contributed by atoms with E-state index in [0.717, 1.165) is 10.0 Å². The van der Waals surface area contributed by atoms with Crippen LogP contribution in [0.25, 0.3) is 0 Å². The van der Waals surface area contributed by atoms with Gasteiger partial charge >= 0.3 is 0 Å². The van der Waals surface area contributed by atoms with Crippen LogP contribution >= 0.6 is 15.9 Å². The van der Waals surface area contributed by atoms with Crippen molar-refractivity contribution in [2.75, 3.05) is 0 Å². The third-order valence-corrected chi connectivity index (χ3v) is 2.78. The fraction of sp³-hybridized carbons (Fsp3) is 0.200. The van der Waals surface area contributed by atoms with Gasteiger partial charge in [0.2, 0.25) is 0 Å². The largest absolute Gasteiger partial charge is 0.455 e. The van der Waals surface area contributed by atoms with Crippen molar-refractivity contribution in [1.82, 2.24) is 0 Å². The highest BCUT2D eigenvalue weighted by Gasteiger charge is 2.15. The molecule has 1 heterocycles. The van der Waals surface area contributed by atoms with E-state index in [1.54, 1.807) is 12.5 Å². The Hall–Kier alpha value is -0.960. The molecule has 1 aromatic rings. The number of benzene rings is 1. The van der Waals surface area contributed by atoms with Crippen LogP contribution in [0.2, 0.25) is 0 Å². The number of aryl methyl sites for hydroxylation is 1. The average Bonchev–Trinajstić information content (AvgIpc) is 2.62. The molecule has 3 heteroatoms. The van der Waals surface area contributed by atoms with Crippen molar-refractivity contribution in [1.29, 1.82) is 0 Å². The zero-order valence-electron chi connectivity index (χ0n) is 7.16. The summed E-state index contributed by atoms with van der Waals surface area (Å²) in [6.07, 6.45) is 2.83. The molecule has 0 saturated carbocycles. The Morgan fingerprint density at radius 2 is 1.92 bits per heavy atom. The predicted molar refractivity (Wildman–Crippen MR) is 52.9 cm³/mol. The van der Waals surface area contributed by atoms with E-state index in [0.29, 0.717) is 0 Å². The van der Waals surface area contributed by atoms with Gasteiger partial charge in [-0.25, -0.2) is 0 Å². The van der Waals surface area contributed by atoms with Gasteiger partial charge in [-0.15, -0.1) is 0 Å². The molecule has 0 radical (unpaired) electrons. The van der Waals surface area contributed by atoms with E-state index in [9.17, 15) is 0 Å². The van der Waals surface area contributed by atoms with Gasteiger partial charge < -0.3 is 9.47 Å². The topological polar surface area (TPSA) is 18.5 Å². The molecule has 2 nitrogen and oxygen atoms in total. The second-order valence-electron chi connectivity index (χ2n) is 2.88.